The van der Waals surface area contributed by atoms with E-state index in [0.717, 1.165) is 11.8 Å². The van der Waals surface area contributed by atoms with Gasteiger partial charge >= 0.3 is 6.09 Å². The van der Waals surface area contributed by atoms with Crippen LogP contribution in [-0.4, -0.2) is 90.3 Å². The molecule has 2 aliphatic carbocycles. The van der Waals surface area contributed by atoms with E-state index < -0.39 is 74.3 Å². The summed E-state index contributed by atoms with van der Waals surface area (Å²) in [4.78, 5) is 62.4. The van der Waals surface area contributed by atoms with Crippen molar-refractivity contribution in [3.8, 4) is 11.8 Å². The zero-order valence-electron chi connectivity index (χ0n) is 31.9. The highest BCUT2D eigenvalue weighted by Gasteiger charge is 2.62. The average Bonchev–Trinajstić information content (AvgIpc) is 4.04. The summed E-state index contributed by atoms with van der Waals surface area (Å²) < 4.78 is 45.5. The molecule has 1 aromatic heterocycles. The Labute approximate surface area is 317 Å². The number of hydrogen-bond donors (Lipinski definition) is 3. The summed E-state index contributed by atoms with van der Waals surface area (Å²) in [5.41, 5.74) is -2.34. The van der Waals surface area contributed by atoms with Crippen LogP contribution in [0.2, 0.25) is 0 Å². The van der Waals surface area contributed by atoms with E-state index in [4.69, 9.17) is 14.2 Å². The van der Waals surface area contributed by atoms with Crippen LogP contribution in [0.15, 0.2) is 42.5 Å². The zero-order valence-corrected chi connectivity index (χ0v) is 32.7. The van der Waals surface area contributed by atoms with Gasteiger partial charge in [0.15, 0.2) is 0 Å². The van der Waals surface area contributed by atoms with Crippen molar-refractivity contribution >= 4 is 44.6 Å². The number of sulfonamides is 1. The predicted molar refractivity (Wildman–Crippen MR) is 201 cm³/mol. The molecule has 4 aliphatic rings. The minimum atomic E-state index is -3.90. The summed E-state index contributed by atoms with van der Waals surface area (Å²) in [6.07, 6.45) is 6.21. The van der Waals surface area contributed by atoms with Crippen LogP contribution in [0.25, 0.3) is 10.8 Å². The lowest BCUT2D eigenvalue weighted by Crippen LogP contribution is -2.59. The van der Waals surface area contributed by atoms with Gasteiger partial charge in [0.05, 0.1) is 18.9 Å². The third-order valence-corrected chi connectivity index (χ3v) is 12.6. The van der Waals surface area contributed by atoms with Gasteiger partial charge in [0.25, 0.3) is 5.91 Å². The van der Waals surface area contributed by atoms with E-state index in [1.165, 1.54) is 12.0 Å². The Bertz CT molecular complexity index is 1910. The number of carbonyl (C=O) groups is 4. The third kappa shape index (κ3) is 8.76. The molecule has 15 heteroatoms. The van der Waals surface area contributed by atoms with Gasteiger partial charge in [-0.2, -0.15) is 4.98 Å². The molecular weight excluding hydrogens is 715 g/mol. The van der Waals surface area contributed by atoms with E-state index in [9.17, 15) is 27.6 Å². The molecule has 2 aliphatic heterocycles. The lowest BCUT2D eigenvalue weighted by atomic mass is 9.85. The van der Waals surface area contributed by atoms with E-state index in [-0.39, 0.29) is 37.1 Å². The number of ether oxygens (including phenoxy) is 3. The highest BCUT2D eigenvalue weighted by atomic mass is 32.2. The van der Waals surface area contributed by atoms with Crippen molar-refractivity contribution in [2.45, 2.75) is 121 Å². The first-order valence-corrected chi connectivity index (χ1v) is 20.5. The number of alkyl carbamates (subject to hydrolysis) is 1. The van der Waals surface area contributed by atoms with Crippen molar-refractivity contribution in [1.82, 2.24) is 25.2 Å². The number of aromatic nitrogens is 1. The number of amides is 4. The molecule has 3 fully saturated rings. The normalized spacial score (nSPS) is 29.8. The van der Waals surface area contributed by atoms with Crippen LogP contribution in [0, 0.1) is 17.8 Å². The van der Waals surface area contributed by atoms with Gasteiger partial charge in [-0.15, -0.1) is 0 Å². The second-order valence-electron chi connectivity index (χ2n) is 16.3. The fourth-order valence-corrected chi connectivity index (χ4v) is 9.01. The largest absolute Gasteiger partial charge is 0.481 e. The van der Waals surface area contributed by atoms with E-state index in [1.54, 1.807) is 26.8 Å². The number of benzene rings is 1. The lowest BCUT2D eigenvalue weighted by Gasteiger charge is -2.34. The molecule has 4 amide bonds. The Morgan fingerprint density at radius 2 is 1.85 bits per heavy atom. The van der Waals surface area contributed by atoms with Crippen LogP contribution in [-0.2, 0) is 29.1 Å². The summed E-state index contributed by atoms with van der Waals surface area (Å²) in [7, 11) is -2.40. The van der Waals surface area contributed by atoms with E-state index in [1.807, 2.05) is 43.3 Å². The number of carbonyl (C=O) groups excluding carboxylic acids is 4. The number of rotatable bonds is 8. The number of hydrogen-bond acceptors (Lipinski definition) is 10. The maximum atomic E-state index is 14.9. The molecule has 7 atom stereocenters. The number of pyridine rings is 1. The zero-order chi connectivity index (χ0) is 39.0. The summed E-state index contributed by atoms with van der Waals surface area (Å²) in [6.45, 7) is 9.26. The maximum Gasteiger partial charge on any atom is 0.408 e. The minimum absolute atomic E-state index is 0.0266. The van der Waals surface area contributed by atoms with Crippen LogP contribution in [0.4, 0.5) is 4.79 Å². The highest BCUT2D eigenvalue weighted by Crippen LogP contribution is 2.46. The average molecular weight is 768 g/mol. The molecule has 0 unspecified atom stereocenters. The number of methoxy groups -OCH3 is 1. The molecular formula is C39H53N5O9S. The SMILES string of the molecule is CC[C@@H]1C[C@H](C)CC/C=C\[C@@H]2C[C@@]2(C(=O)NS(=O)(=O)C2CC2)NC(=O)[C@@H]2C[C@@H](Oc3nc(OC)cc4ccccc34)CN2C(=O)[C@H]1NC(=O)OC(C)(C)C. The molecule has 6 rings (SSSR count). The van der Waals surface area contributed by atoms with E-state index >= 15 is 0 Å². The lowest BCUT2D eigenvalue weighted by molar-refractivity contribution is -0.142. The Kier molecular flexibility index (Phi) is 11.2. The second kappa shape index (κ2) is 15.4. The van der Waals surface area contributed by atoms with Crippen molar-refractivity contribution in [1.29, 1.82) is 0 Å². The molecule has 14 nitrogen and oxygen atoms in total. The molecule has 0 bridgehead atoms. The van der Waals surface area contributed by atoms with Crippen molar-refractivity contribution in [2.24, 2.45) is 17.8 Å². The van der Waals surface area contributed by atoms with Crippen LogP contribution in [0.3, 0.4) is 0 Å². The van der Waals surface area contributed by atoms with Crippen molar-refractivity contribution in [3.05, 3.63) is 42.5 Å². The van der Waals surface area contributed by atoms with Crippen molar-refractivity contribution in [2.75, 3.05) is 13.7 Å². The monoisotopic (exact) mass is 767 g/mol. The molecule has 2 saturated carbocycles. The predicted octanol–water partition coefficient (Wildman–Crippen LogP) is 4.37. The Balaban J connectivity index is 1.37. The Morgan fingerprint density at radius 3 is 2.54 bits per heavy atom. The van der Waals surface area contributed by atoms with Gasteiger partial charge < -0.3 is 29.7 Å². The van der Waals surface area contributed by atoms with Crippen LogP contribution in [0.1, 0.15) is 86.0 Å². The topological polar surface area (TPSA) is 182 Å². The van der Waals surface area contributed by atoms with Crippen molar-refractivity contribution in [3.63, 3.8) is 0 Å². The van der Waals surface area contributed by atoms with E-state index in [2.05, 4.69) is 27.3 Å². The fraction of sp³-hybridized carbons (Fsp3) is 0.615. The Morgan fingerprint density at radius 1 is 1.11 bits per heavy atom. The van der Waals surface area contributed by atoms with Gasteiger partial charge in [0.1, 0.15) is 29.3 Å². The van der Waals surface area contributed by atoms with Gasteiger partial charge in [0, 0.05) is 23.8 Å². The summed E-state index contributed by atoms with van der Waals surface area (Å²) in [5.74, 6) is -1.87. The first-order chi connectivity index (χ1) is 25.5. The first kappa shape index (κ1) is 39.3. The maximum absolute atomic E-state index is 14.9. The molecule has 2 aromatic rings. The van der Waals surface area contributed by atoms with Crippen LogP contribution < -0.4 is 24.8 Å². The summed E-state index contributed by atoms with van der Waals surface area (Å²) >= 11 is 0. The number of fused-ring (bicyclic) bond motifs is 3. The molecule has 3 N–H and O–H groups in total. The van der Waals surface area contributed by atoms with Crippen molar-refractivity contribution < 1.29 is 41.8 Å². The molecule has 0 spiro atoms. The number of nitrogens with one attached hydrogen (secondary N) is 3. The molecule has 0 radical (unpaired) electrons. The van der Waals surface area contributed by atoms with Gasteiger partial charge in [-0.3, -0.25) is 19.1 Å². The summed E-state index contributed by atoms with van der Waals surface area (Å²) in [6, 6.07) is 7.11. The Hall–Kier alpha value is -4.40. The smallest absolute Gasteiger partial charge is 0.408 e. The summed E-state index contributed by atoms with van der Waals surface area (Å²) in [5, 5.41) is 6.66. The van der Waals surface area contributed by atoms with Crippen LogP contribution in [0.5, 0.6) is 11.8 Å². The van der Waals surface area contributed by atoms with Crippen LogP contribution >= 0.6 is 0 Å². The van der Waals surface area contributed by atoms with Gasteiger partial charge in [0.2, 0.25) is 33.6 Å². The molecule has 1 aromatic carbocycles. The minimum Gasteiger partial charge on any atom is -0.481 e. The van der Waals surface area contributed by atoms with Gasteiger partial charge in [-0.1, -0.05) is 50.6 Å². The highest BCUT2D eigenvalue weighted by molar-refractivity contribution is 7.91. The van der Waals surface area contributed by atoms with Gasteiger partial charge in [-0.05, 0) is 82.6 Å². The number of allylic oxidation sites excluding steroid dienone is 1. The molecule has 1 saturated heterocycles. The number of nitrogens with zero attached hydrogens (tertiary/aromatic N) is 2. The molecule has 3 heterocycles. The molecule has 294 valence electrons. The van der Waals surface area contributed by atoms with Gasteiger partial charge in [-0.25, -0.2) is 13.2 Å². The first-order valence-electron chi connectivity index (χ1n) is 19.0. The second-order valence-corrected chi connectivity index (χ2v) is 18.2. The standard InChI is InChI=1S/C39H53N5O9S/c1-7-24-18-23(2)12-8-10-14-26-21-39(26,36(47)43-54(49,50)28-16-17-28)42-33(45)30-20-27(22-44(30)35(46)32(24)41-37(48)53-38(3,4)5)52-34-29-15-11-9-13-25(29)19-31(40-34)51-6/h9-11,13-15,19,23-24,26-28,30,32H,7-8,12,16-18,20-22H2,1-6H3,(H,41,48)(H,42,45)(H,43,47)/b14-10-/t23-,24-,26-,27-,30+,32+,39-/m1/s1. The van der Waals surface area contributed by atoms with E-state index in [0.29, 0.717) is 43.4 Å². The quantitative estimate of drug-likeness (QED) is 0.327. The fourth-order valence-electron chi connectivity index (χ4n) is 7.65. The molecule has 54 heavy (non-hydrogen) atoms. The third-order valence-electron chi connectivity index (χ3n) is 10.8.